The molecule has 1 aliphatic heterocycles. The predicted molar refractivity (Wildman–Crippen MR) is 74.7 cm³/mol. The van der Waals surface area contributed by atoms with Crippen LogP contribution in [-0.2, 0) is 14.8 Å². The highest BCUT2D eigenvalue weighted by Crippen LogP contribution is 2.26. The van der Waals surface area contributed by atoms with E-state index in [9.17, 15) is 8.42 Å². The molecule has 2 atom stereocenters. The van der Waals surface area contributed by atoms with Crippen molar-refractivity contribution in [2.45, 2.75) is 37.3 Å². The summed E-state index contributed by atoms with van der Waals surface area (Å²) in [5.41, 5.74) is 0.987. The SMILES string of the molecule is Cc1ccc(C#N)cc1S(=O)(=O)N(C)C1CCOC1C. The number of rotatable bonds is 3. The van der Waals surface area contributed by atoms with Gasteiger partial charge in [-0.2, -0.15) is 9.57 Å². The van der Waals surface area contributed by atoms with Gasteiger partial charge in [-0.05, 0) is 38.0 Å². The number of hydrogen-bond donors (Lipinski definition) is 0. The number of hydrogen-bond acceptors (Lipinski definition) is 4. The van der Waals surface area contributed by atoms with E-state index in [1.807, 2.05) is 13.0 Å². The van der Waals surface area contributed by atoms with Gasteiger partial charge >= 0.3 is 0 Å². The quantitative estimate of drug-likeness (QED) is 0.850. The van der Waals surface area contributed by atoms with E-state index in [0.29, 0.717) is 24.2 Å². The van der Waals surface area contributed by atoms with Gasteiger partial charge in [0, 0.05) is 13.7 Å². The maximum absolute atomic E-state index is 12.7. The number of sulfonamides is 1. The highest BCUT2D eigenvalue weighted by atomic mass is 32.2. The highest BCUT2D eigenvalue weighted by molar-refractivity contribution is 7.89. The van der Waals surface area contributed by atoms with Crippen LogP contribution in [-0.4, -0.2) is 38.5 Å². The molecule has 0 radical (unpaired) electrons. The summed E-state index contributed by atoms with van der Waals surface area (Å²) in [4.78, 5) is 0.193. The van der Waals surface area contributed by atoms with Crippen molar-refractivity contribution in [2.75, 3.05) is 13.7 Å². The van der Waals surface area contributed by atoms with E-state index in [-0.39, 0.29) is 17.0 Å². The van der Waals surface area contributed by atoms with Gasteiger partial charge in [0.15, 0.2) is 0 Å². The van der Waals surface area contributed by atoms with Crippen LogP contribution in [0.1, 0.15) is 24.5 Å². The molecule has 5 nitrogen and oxygen atoms in total. The van der Waals surface area contributed by atoms with Crippen molar-refractivity contribution < 1.29 is 13.2 Å². The molecular formula is C14H18N2O3S. The lowest BCUT2D eigenvalue weighted by Crippen LogP contribution is -2.41. The van der Waals surface area contributed by atoms with E-state index in [2.05, 4.69) is 0 Å². The van der Waals surface area contributed by atoms with Crippen molar-refractivity contribution in [2.24, 2.45) is 0 Å². The van der Waals surface area contributed by atoms with Gasteiger partial charge in [-0.25, -0.2) is 8.42 Å². The zero-order chi connectivity index (χ0) is 14.9. The monoisotopic (exact) mass is 294 g/mol. The average Bonchev–Trinajstić information content (AvgIpc) is 2.84. The lowest BCUT2D eigenvalue weighted by molar-refractivity contribution is 0.102. The minimum Gasteiger partial charge on any atom is -0.377 e. The number of nitrogens with zero attached hydrogens (tertiary/aromatic N) is 2. The molecule has 0 aliphatic carbocycles. The second kappa shape index (κ2) is 5.52. The smallest absolute Gasteiger partial charge is 0.243 e. The normalized spacial score (nSPS) is 22.9. The Morgan fingerprint density at radius 1 is 1.45 bits per heavy atom. The number of aryl methyl sites for hydroxylation is 1. The van der Waals surface area contributed by atoms with Crippen molar-refractivity contribution in [1.82, 2.24) is 4.31 Å². The Balaban J connectivity index is 2.42. The third kappa shape index (κ3) is 2.57. The minimum atomic E-state index is -3.62. The molecule has 0 N–H and O–H groups in total. The fraction of sp³-hybridized carbons (Fsp3) is 0.500. The van der Waals surface area contributed by atoms with Crippen LogP contribution < -0.4 is 0 Å². The van der Waals surface area contributed by atoms with Crippen LogP contribution >= 0.6 is 0 Å². The van der Waals surface area contributed by atoms with Crippen molar-refractivity contribution >= 4 is 10.0 Å². The zero-order valence-corrected chi connectivity index (χ0v) is 12.6. The number of ether oxygens (including phenoxy) is 1. The van der Waals surface area contributed by atoms with Crippen LogP contribution in [0.15, 0.2) is 23.1 Å². The Bertz CT molecular complexity index is 649. The van der Waals surface area contributed by atoms with E-state index >= 15 is 0 Å². The van der Waals surface area contributed by atoms with Crippen LogP contribution in [0.25, 0.3) is 0 Å². The summed E-state index contributed by atoms with van der Waals surface area (Å²) in [5.74, 6) is 0. The first-order valence-electron chi connectivity index (χ1n) is 6.48. The molecule has 2 rings (SSSR count). The third-order valence-electron chi connectivity index (χ3n) is 3.78. The first kappa shape index (κ1) is 15.0. The summed E-state index contributed by atoms with van der Waals surface area (Å²) >= 11 is 0. The number of likely N-dealkylation sites (N-methyl/N-ethyl adjacent to an activating group) is 1. The molecule has 1 aromatic carbocycles. The molecule has 0 amide bonds. The van der Waals surface area contributed by atoms with Gasteiger partial charge in [-0.15, -0.1) is 0 Å². The molecule has 1 heterocycles. The molecule has 1 fully saturated rings. The molecule has 2 unspecified atom stereocenters. The Morgan fingerprint density at radius 3 is 2.70 bits per heavy atom. The second-order valence-corrected chi connectivity index (χ2v) is 7.01. The molecule has 1 aromatic rings. The fourth-order valence-corrected chi connectivity index (χ4v) is 4.17. The van der Waals surface area contributed by atoms with Crippen LogP contribution in [0.2, 0.25) is 0 Å². The maximum Gasteiger partial charge on any atom is 0.243 e. The Labute approximate surface area is 119 Å². The highest BCUT2D eigenvalue weighted by Gasteiger charge is 2.35. The molecule has 0 spiro atoms. The van der Waals surface area contributed by atoms with Gasteiger partial charge in [0.1, 0.15) is 0 Å². The molecule has 0 bridgehead atoms. The summed E-state index contributed by atoms with van der Waals surface area (Å²) in [7, 11) is -2.04. The number of benzene rings is 1. The van der Waals surface area contributed by atoms with E-state index < -0.39 is 10.0 Å². The maximum atomic E-state index is 12.7. The first-order chi connectivity index (χ1) is 9.37. The van der Waals surface area contributed by atoms with Crippen LogP contribution in [0.3, 0.4) is 0 Å². The van der Waals surface area contributed by atoms with Crippen molar-refractivity contribution in [3.05, 3.63) is 29.3 Å². The molecule has 1 saturated heterocycles. The third-order valence-corrected chi connectivity index (χ3v) is 5.80. The Hall–Kier alpha value is -1.42. The van der Waals surface area contributed by atoms with Crippen molar-refractivity contribution in [3.63, 3.8) is 0 Å². The van der Waals surface area contributed by atoms with Gasteiger partial charge in [0.25, 0.3) is 0 Å². The molecule has 0 saturated carbocycles. The molecular weight excluding hydrogens is 276 g/mol. The molecule has 20 heavy (non-hydrogen) atoms. The summed E-state index contributed by atoms with van der Waals surface area (Å²) in [6.07, 6.45) is 0.572. The predicted octanol–water partition coefficient (Wildman–Crippen LogP) is 1.66. The summed E-state index contributed by atoms with van der Waals surface area (Å²) in [5, 5.41) is 8.93. The van der Waals surface area contributed by atoms with E-state index in [0.717, 1.165) is 0 Å². The molecule has 6 heteroatoms. The van der Waals surface area contributed by atoms with Crippen molar-refractivity contribution in [3.8, 4) is 6.07 Å². The fourth-order valence-electron chi connectivity index (χ4n) is 2.48. The largest absolute Gasteiger partial charge is 0.377 e. The van der Waals surface area contributed by atoms with Gasteiger partial charge in [0.05, 0.1) is 28.7 Å². The summed E-state index contributed by atoms with van der Waals surface area (Å²) in [6, 6.07) is 6.53. The lowest BCUT2D eigenvalue weighted by Gasteiger charge is -2.26. The van der Waals surface area contributed by atoms with Gasteiger partial charge in [0.2, 0.25) is 10.0 Å². The molecule has 1 aliphatic rings. The van der Waals surface area contributed by atoms with Gasteiger partial charge < -0.3 is 4.74 Å². The Morgan fingerprint density at radius 2 is 2.15 bits per heavy atom. The molecule has 108 valence electrons. The van der Waals surface area contributed by atoms with E-state index in [1.54, 1.807) is 26.1 Å². The minimum absolute atomic E-state index is 0.116. The van der Waals surface area contributed by atoms with Crippen LogP contribution in [0.4, 0.5) is 0 Å². The Kier molecular flexibility index (Phi) is 4.14. The summed E-state index contributed by atoms with van der Waals surface area (Å²) in [6.45, 7) is 4.18. The first-order valence-corrected chi connectivity index (χ1v) is 7.92. The topological polar surface area (TPSA) is 70.4 Å². The average molecular weight is 294 g/mol. The van der Waals surface area contributed by atoms with E-state index in [4.69, 9.17) is 10.00 Å². The standard InChI is InChI=1S/C14H18N2O3S/c1-10-4-5-12(9-15)8-14(10)20(17,18)16(3)13-6-7-19-11(13)2/h4-5,8,11,13H,6-7H2,1-3H3. The van der Waals surface area contributed by atoms with Crippen molar-refractivity contribution in [1.29, 1.82) is 5.26 Å². The van der Waals surface area contributed by atoms with Crippen LogP contribution in [0, 0.1) is 18.3 Å². The van der Waals surface area contributed by atoms with E-state index in [1.165, 1.54) is 10.4 Å². The lowest BCUT2D eigenvalue weighted by atomic mass is 10.2. The van der Waals surface area contributed by atoms with Gasteiger partial charge in [-0.1, -0.05) is 6.07 Å². The second-order valence-electron chi connectivity index (χ2n) is 5.05. The molecule has 0 aromatic heterocycles. The van der Waals surface area contributed by atoms with Gasteiger partial charge in [-0.3, -0.25) is 0 Å². The van der Waals surface area contributed by atoms with Crippen LogP contribution in [0.5, 0.6) is 0 Å². The summed E-state index contributed by atoms with van der Waals surface area (Å²) < 4.78 is 32.2. The number of nitriles is 1. The zero-order valence-electron chi connectivity index (χ0n) is 11.8.